The van der Waals surface area contributed by atoms with E-state index in [0.717, 1.165) is 0 Å². The largest absolute Gasteiger partial charge is 0.288 e. The number of nitriles is 1. The third-order valence-corrected chi connectivity index (χ3v) is 2.70. The van der Waals surface area contributed by atoms with Crippen molar-refractivity contribution in [1.29, 1.82) is 5.26 Å². The molecule has 2 nitrogen and oxygen atoms in total. The van der Waals surface area contributed by atoms with Crippen LogP contribution in [0.4, 0.5) is 0 Å². The molecule has 0 radical (unpaired) electrons. The lowest BCUT2D eigenvalue weighted by molar-refractivity contribution is 0.220. The highest BCUT2D eigenvalue weighted by atomic mass is 15.2. The molecule has 11 heavy (non-hydrogen) atoms. The van der Waals surface area contributed by atoms with E-state index in [1.54, 1.807) is 0 Å². The van der Waals surface area contributed by atoms with Crippen LogP contribution in [-0.4, -0.2) is 24.0 Å². The molecule has 0 spiro atoms. The molecular weight excluding hydrogens is 136 g/mol. The summed E-state index contributed by atoms with van der Waals surface area (Å²) in [5.41, 5.74) is 0. The lowest BCUT2D eigenvalue weighted by atomic mass is 10.2. The fourth-order valence-electron chi connectivity index (χ4n) is 1.72. The third kappa shape index (κ3) is 1.94. The van der Waals surface area contributed by atoms with Crippen LogP contribution >= 0.6 is 0 Å². The van der Waals surface area contributed by atoms with Gasteiger partial charge in [-0.15, -0.1) is 0 Å². The minimum absolute atomic E-state index is 0.0816. The van der Waals surface area contributed by atoms with Gasteiger partial charge in [0.2, 0.25) is 0 Å². The monoisotopic (exact) mass is 152 g/mol. The van der Waals surface area contributed by atoms with Gasteiger partial charge < -0.3 is 0 Å². The van der Waals surface area contributed by atoms with E-state index >= 15 is 0 Å². The highest BCUT2D eigenvalue weighted by Crippen LogP contribution is 2.23. The minimum Gasteiger partial charge on any atom is -0.288 e. The van der Waals surface area contributed by atoms with E-state index in [4.69, 9.17) is 5.26 Å². The van der Waals surface area contributed by atoms with E-state index in [1.807, 2.05) is 6.92 Å². The fraction of sp³-hybridized carbons (Fsp3) is 0.889. The van der Waals surface area contributed by atoms with Crippen LogP contribution in [0.15, 0.2) is 0 Å². The number of rotatable bonds is 2. The van der Waals surface area contributed by atoms with E-state index in [9.17, 15) is 0 Å². The summed E-state index contributed by atoms with van der Waals surface area (Å²) in [5, 5.41) is 8.67. The number of hydrogen-bond acceptors (Lipinski definition) is 2. The van der Waals surface area contributed by atoms with E-state index < -0.39 is 0 Å². The molecule has 1 aliphatic carbocycles. The summed E-state index contributed by atoms with van der Waals surface area (Å²) in [5.74, 6) is 0. The zero-order valence-corrected chi connectivity index (χ0v) is 7.38. The Balaban J connectivity index is 2.40. The van der Waals surface area contributed by atoms with Gasteiger partial charge in [-0.1, -0.05) is 12.8 Å². The second kappa shape index (κ2) is 3.73. The van der Waals surface area contributed by atoms with Crippen molar-refractivity contribution in [3.05, 3.63) is 0 Å². The zero-order valence-electron chi connectivity index (χ0n) is 7.38. The lowest BCUT2D eigenvalue weighted by Crippen LogP contribution is -2.35. The summed E-state index contributed by atoms with van der Waals surface area (Å²) < 4.78 is 0. The van der Waals surface area contributed by atoms with E-state index in [0.29, 0.717) is 6.04 Å². The molecule has 1 atom stereocenters. The van der Waals surface area contributed by atoms with Crippen molar-refractivity contribution in [2.24, 2.45) is 0 Å². The summed E-state index contributed by atoms with van der Waals surface area (Å²) in [6.45, 7) is 1.97. The molecule has 1 saturated carbocycles. The molecule has 0 bridgehead atoms. The van der Waals surface area contributed by atoms with Crippen LogP contribution in [0.3, 0.4) is 0 Å². The first kappa shape index (κ1) is 8.55. The molecule has 0 amide bonds. The van der Waals surface area contributed by atoms with Gasteiger partial charge in [-0.25, -0.2) is 0 Å². The molecule has 0 aromatic heterocycles. The van der Waals surface area contributed by atoms with Crippen molar-refractivity contribution < 1.29 is 0 Å². The lowest BCUT2D eigenvalue weighted by Gasteiger charge is -2.25. The van der Waals surface area contributed by atoms with E-state index in [1.165, 1.54) is 25.7 Å². The second-order valence-electron chi connectivity index (χ2n) is 3.41. The van der Waals surface area contributed by atoms with Crippen LogP contribution in [0.25, 0.3) is 0 Å². The molecule has 1 rings (SSSR count). The van der Waals surface area contributed by atoms with Gasteiger partial charge in [0.1, 0.15) is 0 Å². The molecule has 1 unspecified atom stereocenters. The van der Waals surface area contributed by atoms with E-state index in [-0.39, 0.29) is 6.04 Å². The van der Waals surface area contributed by atoms with Crippen LogP contribution in [0, 0.1) is 11.3 Å². The van der Waals surface area contributed by atoms with Crippen molar-refractivity contribution in [2.75, 3.05) is 7.05 Å². The number of nitrogens with zero attached hydrogens (tertiary/aromatic N) is 2. The molecule has 2 heteroatoms. The Morgan fingerprint density at radius 1 is 1.45 bits per heavy atom. The van der Waals surface area contributed by atoms with Crippen molar-refractivity contribution in [1.82, 2.24) is 4.90 Å². The third-order valence-electron chi connectivity index (χ3n) is 2.70. The van der Waals surface area contributed by atoms with Gasteiger partial charge in [-0.2, -0.15) is 5.26 Å². The summed E-state index contributed by atoms with van der Waals surface area (Å²) in [4.78, 5) is 2.20. The maximum atomic E-state index is 8.67. The summed E-state index contributed by atoms with van der Waals surface area (Å²) in [6.07, 6.45) is 5.24. The smallest absolute Gasteiger partial charge is 0.0949 e. The molecule has 0 aromatic carbocycles. The highest BCUT2D eigenvalue weighted by molar-refractivity contribution is 4.90. The summed E-state index contributed by atoms with van der Waals surface area (Å²) in [6, 6.07) is 3.02. The molecule has 62 valence electrons. The Morgan fingerprint density at radius 3 is 2.45 bits per heavy atom. The average molecular weight is 152 g/mol. The van der Waals surface area contributed by atoms with Gasteiger partial charge in [0, 0.05) is 6.04 Å². The van der Waals surface area contributed by atoms with Crippen molar-refractivity contribution in [3.63, 3.8) is 0 Å². The van der Waals surface area contributed by atoms with Gasteiger partial charge in [-0.05, 0) is 26.8 Å². The molecular formula is C9H16N2. The predicted octanol–water partition coefficient (Wildman–Crippen LogP) is 1.77. The summed E-state index contributed by atoms with van der Waals surface area (Å²) >= 11 is 0. The van der Waals surface area contributed by atoms with Gasteiger partial charge in [0.15, 0.2) is 0 Å². The summed E-state index contributed by atoms with van der Waals surface area (Å²) in [7, 11) is 2.06. The van der Waals surface area contributed by atoms with Crippen LogP contribution in [0.1, 0.15) is 32.6 Å². The minimum atomic E-state index is 0.0816. The Bertz CT molecular complexity index is 153. The fourth-order valence-corrected chi connectivity index (χ4v) is 1.72. The van der Waals surface area contributed by atoms with Crippen LogP contribution in [0.5, 0.6) is 0 Å². The molecule has 1 fully saturated rings. The Labute approximate surface area is 68.8 Å². The Morgan fingerprint density at radius 2 is 2.00 bits per heavy atom. The van der Waals surface area contributed by atoms with Gasteiger partial charge in [-0.3, -0.25) is 4.90 Å². The highest BCUT2D eigenvalue weighted by Gasteiger charge is 2.22. The molecule has 0 N–H and O–H groups in total. The standard InChI is InChI=1S/C9H16N2/c1-8(7-10)11(2)9-5-3-4-6-9/h8-9H,3-6H2,1-2H3. The Hall–Kier alpha value is -0.550. The van der Waals surface area contributed by atoms with Crippen molar-refractivity contribution >= 4 is 0 Å². The topological polar surface area (TPSA) is 27.0 Å². The maximum Gasteiger partial charge on any atom is 0.0949 e. The normalized spacial score (nSPS) is 22.0. The molecule has 0 heterocycles. The average Bonchev–Trinajstić information content (AvgIpc) is 2.53. The van der Waals surface area contributed by atoms with Gasteiger partial charge >= 0.3 is 0 Å². The maximum absolute atomic E-state index is 8.67. The van der Waals surface area contributed by atoms with Gasteiger partial charge in [0.05, 0.1) is 12.1 Å². The number of hydrogen-bond donors (Lipinski definition) is 0. The quantitative estimate of drug-likeness (QED) is 0.603. The first-order chi connectivity index (χ1) is 5.25. The zero-order chi connectivity index (χ0) is 8.27. The molecule has 1 aliphatic rings. The molecule has 0 saturated heterocycles. The Kier molecular flexibility index (Phi) is 2.90. The predicted molar refractivity (Wildman–Crippen MR) is 45.1 cm³/mol. The first-order valence-electron chi connectivity index (χ1n) is 4.37. The van der Waals surface area contributed by atoms with Crippen LogP contribution in [0.2, 0.25) is 0 Å². The SMILES string of the molecule is CC(C#N)N(C)C1CCCC1. The van der Waals surface area contributed by atoms with Crippen molar-refractivity contribution in [3.8, 4) is 6.07 Å². The van der Waals surface area contributed by atoms with E-state index in [2.05, 4.69) is 18.0 Å². The van der Waals surface area contributed by atoms with Crippen molar-refractivity contribution in [2.45, 2.75) is 44.7 Å². The first-order valence-corrected chi connectivity index (χ1v) is 4.37. The molecule has 0 aromatic rings. The second-order valence-corrected chi connectivity index (χ2v) is 3.41. The van der Waals surface area contributed by atoms with Gasteiger partial charge in [0.25, 0.3) is 0 Å². The van der Waals surface area contributed by atoms with Crippen LogP contribution in [-0.2, 0) is 0 Å². The van der Waals surface area contributed by atoms with Crippen LogP contribution < -0.4 is 0 Å². The molecule has 0 aliphatic heterocycles.